The van der Waals surface area contributed by atoms with Crippen LogP contribution in [0, 0.1) is 0 Å². The van der Waals surface area contributed by atoms with Gasteiger partial charge in [0.15, 0.2) is 0 Å². The van der Waals surface area contributed by atoms with Crippen molar-refractivity contribution in [2.45, 2.75) is 51.4 Å². The molecule has 0 heterocycles. The van der Waals surface area contributed by atoms with E-state index in [1.165, 1.54) is 61.7 Å². The van der Waals surface area contributed by atoms with Crippen LogP contribution in [-0.2, 0) is 51.9 Å². The first-order valence-corrected chi connectivity index (χ1v) is 13.0. The maximum absolute atomic E-state index is 2.26. The van der Waals surface area contributed by atoms with Crippen molar-refractivity contribution < 1.29 is 26.2 Å². The van der Waals surface area contributed by atoms with Crippen LogP contribution in [0.25, 0.3) is 0 Å². The van der Waals surface area contributed by atoms with E-state index >= 15 is 0 Å². The van der Waals surface area contributed by atoms with E-state index in [4.69, 9.17) is 0 Å². The van der Waals surface area contributed by atoms with Crippen molar-refractivity contribution in [3.8, 4) is 0 Å². The van der Waals surface area contributed by atoms with Crippen LogP contribution in [0.4, 0.5) is 0 Å². The molecule has 0 bridgehead atoms. The van der Waals surface area contributed by atoms with Crippen LogP contribution < -0.4 is 10.4 Å². The van der Waals surface area contributed by atoms with E-state index in [1.54, 1.807) is 22.3 Å². The zero-order valence-corrected chi connectivity index (χ0v) is 22.6. The standard InChI is InChI=1S/C12H11Si.2C9H11.Zr/c1-3-7-11(8-4-1)13-12-9-5-2-6-10-12;2*1-2-5-9-7-3-6-8(9)4-1;/h1-10,13H;2*3,6-7H,1-2,4-5H2;/q;2*-1;+2. The predicted molar refractivity (Wildman–Crippen MR) is 137 cm³/mol. The summed E-state index contributed by atoms with van der Waals surface area (Å²) in [7, 11) is 0.271. The molecule has 0 saturated carbocycles. The third-order valence-corrected chi connectivity index (χ3v) is 7.67. The second-order valence-electron chi connectivity index (χ2n) is 8.53. The molecule has 2 aliphatic carbocycles. The van der Waals surface area contributed by atoms with Gasteiger partial charge in [0.1, 0.15) is 9.52 Å². The van der Waals surface area contributed by atoms with Crippen LogP contribution in [0.2, 0.25) is 0 Å². The summed E-state index contributed by atoms with van der Waals surface area (Å²) in [5.74, 6) is 0. The van der Waals surface area contributed by atoms with Gasteiger partial charge in [-0.25, -0.2) is 12.1 Å². The van der Waals surface area contributed by atoms with Crippen LogP contribution in [0.1, 0.15) is 47.9 Å². The summed E-state index contributed by atoms with van der Waals surface area (Å²) >= 11 is 0. The molecule has 0 amide bonds. The van der Waals surface area contributed by atoms with Gasteiger partial charge in [-0.05, 0) is 0 Å². The topological polar surface area (TPSA) is 0 Å². The molecule has 161 valence electrons. The summed E-state index contributed by atoms with van der Waals surface area (Å²) in [4.78, 5) is 0. The molecule has 6 rings (SSSR count). The molecular formula is C30H33SiZr. The average molecular weight is 513 g/mol. The maximum Gasteiger partial charge on any atom is 2.00 e. The van der Waals surface area contributed by atoms with E-state index in [0.29, 0.717) is 0 Å². The molecule has 32 heavy (non-hydrogen) atoms. The van der Waals surface area contributed by atoms with Gasteiger partial charge in [0, 0.05) is 0 Å². The first-order valence-electron chi connectivity index (χ1n) is 11.8. The number of hydrogen-bond donors (Lipinski definition) is 0. The summed E-state index contributed by atoms with van der Waals surface area (Å²) in [6.45, 7) is 0. The van der Waals surface area contributed by atoms with E-state index in [-0.39, 0.29) is 35.7 Å². The molecule has 0 spiro atoms. The van der Waals surface area contributed by atoms with E-state index in [0.717, 1.165) is 0 Å². The monoisotopic (exact) mass is 511 g/mol. The maximum atomic E-state index is 2.26. The molecule has 0 saturated heterocycles. The van der Waals surface area contributed by atoms with Gasteiger partial charge in [-0.3, -0.25) is 0 Å². The van der Waals surface area contributed by atoms with Gasteiger partial charge >= 0.3 is 26.2 Å². The molecular weight excluding hydrogens is 480 g/mol. The molecule has 0 nitrogen and oxygen atoms in total. The molecule has 2 heteroatoms. The van der Waals surface area contributed by atoms with Crippen molar-refractivity contribution in [2.24, 2.45) is 0 Å². The molecule has 0 atom stereocenters. The van der Waals surface area contributed by atoms with Gasteiger partial charge < -0.3 is 0 Å². The Bertz CT molecular complexity index is 888. The van der Waals surface area contributed by atoms with Crippen LogP contribution in [0.5, 0.6) is 0 Å². The van der Waals surface area contributed by atoms with Crippen molar-refractivity contribution in [3.63, 3.8) is 0 Å². The van der Waals surface area contributed by atoms with Gasteiger partial charge in [-0.15, -0.1) is 0 Å². The van der Waals surface area contributed by atoms with Crippen molar-refractivity contribution in [2.75, 3.05) is 0 Å². The van der Waals surface area contributed by atoms with Gasteiger partial charge in [-0.1, -0.05) is 122 Å². The number of fused-ring (bicyclic) bond motifs is 2. The third kappa shape index (κ3) is 7.68. The molecule has 4 aromatic carbocycles. The summed E-state index contributed by atoms with van der Waals surface area (Å²) in [5, 5.41) is 2.90. The Morgan fingerprint density at radius 1 is 0.500 bits per heavy atom. The largest absolute Gasteiger partial charge is 2.00 e. The van der Waals surface area contributed by atoms with Crippen molar-refractivity contribution in [1.29, 1.82) is 0 Å². The zero-order valence-electron chi connectivity index (χ0n) is 19.0. The number of rotatable bonds is 2. The predicted octanol–water partition coefficient (Wildman–Crippen LogP) is 5.64. The van der Waals surface area contributed by atoms with Crippen LogP contribution in [-0.4, -0.2) is 9.52 Å². The van der Waals surface area contributed by atoms with E-state index in [9.17, 15) is 0 Å². The minimum atomic E-state index is 0. The fraction of sp³-hybridized carbons (Fsp3) is 0.267. The molecule has 0 aliphatic heterocycles. The van der Waals surface area contributed by atoms with E-state index in [1.807, 2.05) is 0 Å². The SMILES string of the molecule is [Zr+2].c1cc2c([cH-]1)CCCC2.c1cc2c([cH-]1)CCCC2.c1ccc([SiH]c2ccccc2)cc1. The van der Waals surface area contributed by atoms with Crippen molar-refractivity contribution in [3.05, 3.63) is 119 Å². The van der Waals surface area contributed by atoms with Crippen molar-refractivity contribution in [1.82, 2.24) is 0 Å². The molecule has 0 N–H and O–H groups in total. The smallest absolute Gasteiger partial charge is 0.210 e. The average Bonchev–Trinajstić information content (AvgIpc) is 3.51. The van der Waals surface area contributed by atoms with Gasteiger partial charge in [0.05, 0.1) is 0 Å². The van der Waals surface area contributed by atoms with Gasteiger partial charge in [0.2, 0.25) is 0 Å². The zero-order chi connectivity index (χ0) is 21.1. The summed E-state index contributed by atoms with van der Waals surface area (Å²) in [6, 6.07) is 34.7. The Labute approximate surface area is 215 Å². The fourth-order valence-corrected chi connectivity index (χ4v) is 5.73. The molecule has 0 fully saturated rings. The third-order valence-electron chi connectivity index (χ3n) is 6.23. The van der Waals surface area contributed by atoms with Crippen LogP contribution >= 0.6 is 0 Å². The number of aryl methyl sites for hydroxylation is 4. The molecule has 0 aromatic heterocycles. The van der Waals surface area contributed by atoms with E-state index in [2.05, 4.69) is 97.1 Å². The number of benzene rings is 2. The summed E-state index contributed by atoms with van der Waals surface area (Å²) < 4.78 is 0. The second kappa shape index (κ2) is 13.7. The normalized spacial score (nSPS) is 13.8. The second-order valence-corrected chi connectivity index (χ2v) is 10.2. The quantitative estimate of drug-likeness (QED) is 0.241. The van der Waals surface area contributed by atoms with Gasteiger partial charge in [0.25, 0.3) is 0 Å². The first-order chi connectivity index (χ1) is 15.4. The Morgan fingerprint density at radius 2 is 0.906 bits per heavy atom. The minimum Gasteiger partial charge on any atom is -0.210 e. The first kappa shape index (κ1) is 24.9. The number of hydrogen-bond acceptors (Lipinski definition) is 0. The summed E-state index contributed by atoms with van der Waals surface area (Å²) in [6.07, 6.45) is 10.9. The molecule has 4 aromatic rings. The molecule has 2 aliphatic rings. The van der Waals surface area contributed by atoms with Gasteiger partial charge in [-0.2, -0.15) is 46.5 Å². The minimum absolute atomic E-state index is 0. The van der Waals surface area contributed by atoms with Crippen LogP contribution in [0.3, 0.4) is 0 Å². The van der Waals surface area contributed by atoms with E-state index < -0.39 is 0 Å². The fourth-order valence-electron chi connectivity index (χ4n) is 4.52. The Morgan fingerprint density at radius 3 is 1.31 bits per heavy atom. The molecule has 0 unspecified atom stereocenters. The Kier molecular flexibility index (Phi) is 10.7. The Balaban J connectivity index is 0.000000137. The Hall–Kier alpha value is -1.76. The summed E-state index contributed by atoms with van der Waals surface area (Å²) in [5.41, 5.74) is 6.39. The molecule has 1 radical (unpaired) electrons. The van der Waals surface area contributed by atoms with Crippen LogP contribution in [0.15, 0.2) is 97.1 Å². The van der Waals surface area contributed by atoms with Crippen molar-refractivity contribution >= 4 is 19.9 Å².